The molecule has 0 bridgehead atoms. The van der Waals surface area contributed by atoms with Gasteiger partial charge < -0.3 is 14.4 Å². The summed E-state index contributed by atoms with van der Waals surface area (Å²) in [5, 5.41) is 22.4. The Morgan fingerprint density at radius 3 is 2.33 bits per heavy atom. The van der Waals surface area contributed by atoms with E-state index in [0.717, 1.165) is 33.7 Å². The molecule has 0 spiro atoms. The predicted octanol–water partition coefficient (Wildman–Crippen LogP) is 8.22. The van der Waals surface area contributed by atoms with E-state index >= 15 is 0 Å². The fraction of sp³-hybridized carbons (Fsp3) is 0.100. The van der Waals surface area contributed by atoms with E-state index in [4.69, 9.17) is 27.9 Å². The molecule has 0 saturated heterocycles. The summed E-state index contributed by atoms with van der Waals surface area (Å²) >= 11 is 13.1. The fourth-order valence-corrected chi connectivity index (χ4v) is 5.24. The van der Waals surface area contributed by atoms with Crippen LogP contribution in [0, 0.1) is 0 Å². The highest BCUT2D eigenvalue weighted by atomic mass is 35.5. The van der Waals surface area contributed by atoms with Crippen molar-refractivity contribution in [3.8, 4) is 17.1 Å². The Balaban J connectivity index is 1.53. The minimum atomic E-state index is -1.07. The molecule has 0 atom stereocenters. The van der Waals surface area contributed by atoms with Crippen LogP contribution in [0.1, 0.15) is 18.1 Å². The number of ether oxygens (including phenoxy) is 1. The van der Waals surface area contributed by atoms with Crippen molar-refractivity contribution in [2.45, 2.75) is 25.2 Å². The lowest BCUT2D eigenvalue weighted by Gasteiger charge is -2.13. The van der Waals surface area contributed by atoms with Crippen molar-refractivity contribution in [1.29, 1.82) is 0 Å². The molecule has 0 fully saturated rings. The number of hydrogen-bond donors (Lipinski definition) is 1. The van der Waals surface area contributed by atoms with Crippen LogP contribution in [0.15, 0.2) is 95.0 Å². The van der Waals surface area contributed by atoms with Crippen molar-refractivity contribution < 1.29 is 14.6 Å². The Bertz CT molecular complexity index is 1670. The number of fused-ring (bicyclic) bond motifs is 1. The smallest absolute Gasteiger partial charge is 0.342 e. The standard InChI is InChI=1S/C30H23Cl2N3O3S/c1-2-35-28(21-9-14-23(32)15-10-21)33-34-30(35)39-27(29(36)37)17-25-24-6-4-3-5-20(24)11-16-26(25)38-18-19-7-12-22(31)13-8-19/h3-17H,2,18H2,1H3,(H,36,37)/b27-17-. The molecule has 0 aliphatic carbocycles. The zero-order valence-corrected chi connectivity index (χ0v) is 23.2. The second-order valence-corrected chi connectivity index (χ2v) is 10.5. The number of benzene rings is 4. The molecular weight excluding hydrogens is 553 g/mol. The summed E-state index contributed by atoms with van der Waals surface area (Å²) in [5.41, 5.74) is 2.46. The maximum absolute atomic E-state index is 12.5. The maximum atomic E-state index is 12.5. The highest BCUT2D eigenvalue weighted by Crippen LogP contribution is 2.36. The van der Waals surface area contributed by atoms with Crippen LogP contribution in [0.4, 0.5) is 0 Å². The number of carboxylic acids is 1. The third kappa shape index (κ3) is 6.11. The molecule has 1 N–H and O–H groups in total. The first kappa shape index (κ1) is 26.8. The molecule has 0 unspecified atom stereocenters. The number of halogens is 2. The quantitative estimate of drug-likeness (QED) is 0.141. The largest absolute Gasteiger partial charge is 0.488 e. The van der Waals surface area contributed by atoms with Crippen LogP contribution in [0.2, 0.25) is 10.0 Å². The molecule has 39 heavy (non-hydrogen) atoms. The molecule has 0 aliphatic heterocycles. The average molecular weight is 577 g/mol. The lowest BCUT2D eigenvalue weighted by molar-refractivity contribution is -0.131. The van der Waals surface area contributed by atoms with E-state index in [-0.39, 0.29) is 4.91 Å². The van der Waals surface area contributed by atoms with E-state index in [0.29, 0.717) is 45.5 Å². The first-order valence-corrected chi connectivity index (χ1v) is 13.7. The number of thioether (sulfide) groups is 1. The van der Waals surface area contributed by atoms with Gasteiger partial charge in [0, 0.05) is 27.7 Å². The van der Waals surface area contributed by atoms with Crippen LogP contribution < -0.4 is 4.74 Å². The van der Waals surface area contributed by atoms with Gasteiger partial charge >= 0.3 is 5.97 Å². The number of aromatic nitrogens is 3. The van der Waals surface area contributed by atoms with Crippen LogP contribution in [0.3, 0.4) is 0 Å². The molecule has 1 aromatic heterocycles. The molecule has 0 radical (unpaired) electrons. The third-order valence-corrected chi connectivity index (χ3v) is 7.56. The Morgan fingerprint density at radius 1 is 0.949 bits per heavy atom. The summed E-state index contributed by atoms with van der Waals surface area (Å²) in [6.45, 7) is 2.83. The zero-order chi connectivity index (χ0) is 27.4. The molecule has 196 valence electrons. The molecule has 5 aromatic rings. The summed E-state index contributed by atoms with van der Waals surface area (Å²) in [6, 6.07) is 26.3. The van der Waals surface area contributed by atoms with Gasteiger partial charge in [-0.25, -0.2) is 4.79 Å². The van der Waals surface area contributed by atoms with Crippen molar-refractivity contribution >= 4 is 57.8 Å². The molecule has 5 rings (SSSR count). The minimum absolute atomic E-state index is 0.0902. The summed E-state index contributed by atoms with van der Waals surface area (Å²) < 4.78 is 8.07. The summed E-state index contributed by atoms with van der Waals surface area (Å²) in [6.07, 6.45) is 1.64. The molecule has 1 heterocycles. The SMILES string of the molecule is CCn1c(S/C(=C\c2c(OCc3ccc(Cl)cc3)ccc3ccccc23)C(=O)O)nnc1-c1ccc(Cl)cc1. The van der Waals surface area contributed by atoms with E-state index in [1.807, 2.05) is 84.3 Å². The van der Waals surface area contributed by atoms with Gasteiger partial charge in [-0.2, -0.15) is 0 Å². The number of aliphatic carboxylic acids is 1. The number of carboxylic acid groups (broad SMARTS) is 1. The maximum Gasteiger partial charge on any atom is 0.342 e. The van der Waals surface area contributed by atoms with Gasteiger partial charge in [0.2, 0.25) is 0 Å². The van der Waals surface area contributed by atoms with Crippen LogP contribution >= 0.6 is 35.0 Å². The number of hydrogen-bond acceptors (Lipinski definition) is 5. The Kier molecular flexibility index (Phi) is 8.21. The minimum Gasteiger partial charge on any atom is -0.488 e. The van der Waals surface area contributed by atoms with Crippen molar-refractivity contribution in [2.75, 3.05) is 0 Å². The molecule has 0 aliphatic rings. The molecular formula is C30H23Cl2N3O3S. The Morgan fingerprint density at radius 2 is 1.64 bits per heavy atom. The predicted molar refractivity (Wildman–Crippen MR) is 157 cm³/mol. The van der Waals surface area contributed by atoms with Crippen molar-refractivity contribution in [2.24, 2.45) is 0 Å². The molecule has 9 heteroatoms. The number of carbonyl (C=O) groups is 1. The van der Waals surface area contributed by atoms with Crippen LogP contribution in [-0.4, -0.2) is 25.8 Å². The van der Waals surface area contributed by atoms with E-state index in [2.05, 4.69) is 10.2 Å². The first-order valence-electron chi connectivity index (χ1n) is 12.1. The highest BCUT2D eigenvalue weighted by molar-refractivity contribution is 8.04. The molecule has 0 saturated carbocycles. The van der Waals surface area contributed by atoms with Crippen LogP contribution in [0.5, 0.6) is 5.75 Å². The number of nitrogens with zero attached hydrogens (tertiary/aromatic N) is 3. The van der Waals surface area contributed by atoms with Crippen LogP contribution in [-0.2, 0) is 17.9 Å². The van der Waals surface area contributed by atoms with Gasteiger partial charge in [0.25, 0.3) is 0 Å². The van der Waals surface area contributed by atoms with E-state index in [1.165, 1.54) is 0 Å². The van der Waals surface area contributed by atoms with Gasteiger partial charge in [0.05, 0.1) is 0 Å². The molecule has 4 aromatic carbocycles. The van der Waals surface area contributed by atoms with E-state index in [9.17, 15) is 9.90 Å². The average Bonchev–Trinajstić information content (AvgIpc) is 3.35. The third-order valence-electron chi connectivity index (χ3n) is 6.06. The lowest BCUT2D eigenvalue weighted by Crippen LogP contribution is -2.03. The van der Waals surface area contributed by atoms with Crippen molar-refractivity contribution in [3.05, 3.63) is 111 Å². The van der Waals surface area contributed by atoms with Crippen molar-refractivity contribution in [1.82, 2.24) is 14.8 Å². The normalized spacial score (nSPS) is 11.6. The molecule has 0 amide bonds. The first-order chi connectivity index (χ1) is 18.9. The highest BCUT2D eigenvalue weighted by Gasteiger charge is 2.20. The Labute approximate surface area is 239 Å². The van der Waals surface area contributed by atoms with Gasteiger partial charge in [-0.15, -0.1) is 10.2 Å². The zero-order valence-electron chi connectivity index (χ0n) is 20.8. The van der Waals surface area contributed by atoms with Gasteiger partial charge in [0.1, 0.15) is 17.3 Å². The fourth-order valence-electron chi connectivity index (χ4n) is 4.12. The monoisotopic (exact) mass is 575 g/mol. The second kappa shape index (κ2) is 11.9. The summed E-state index contributed by atoms with van der Waals surface area (Å²) in [4.78, 5) is 12.6. The van der Waals surface area contributed by atoms with Gasteiger partial charge in [-0.1, -0.05) is 65.7 Å². The van der Waals surface area contributed by atoms with E-state index < -0.39 is 5.97 Å². The second-order valence-electron chi connectivity index (χ2n) is 8.59. The van der Waals surface area contributed by atoms with Gasteiger partial charge in [-0.05, 0) is 83.6 Å². The number of rotatable bonds is 9. The van der Waals surface area contributed by atoms with E-state index in [1.54, 1.807) is 18.2 Å². The van der Waals surface area contributed by atoms with Gasteiger partial charge in [-0.3, -0.25) is 0 Å². The molecule has 6 nitrogen and oxygen atoms in total. The van der Waals surface area contributed by atoms with Crippen molar-refractivity contribution in [3.63, 3.8) is 0 Å². The lowest BCUT2D eigenvalue weighted by atomic mass is 10.0. The van der Waals surface area contributed by atoms with Crippen LogP contribution in [0.25, 0.3) is 28.2 Å². The summed E-state index contributed by atoms with van der Waals surface area (Å²) in [7, 11) is 0. The van der Waals surface area contributed by atoms with Gasteiger partial charge in [0.15, 0.2) is 11.0 Å². The Hall–Kier alpha value is -3.78. The topological polar surface area (TPSA) is 77.2 Å². The summed E-state index contributed by atoms with van der Waals surface area (Å²) in [5.74, 6) is 0.135.